The lowest BCUT2D eigenvalue weighted by Gasteiger charge is -2.33. The van der Waals surface area contributed by atoms with Gasteiger partial charge in [-0.2, -0.15) is 0 Å². The summed E-state index contributed by atoms with van der Waals surface area (Å²) in [6.07, 6.45) is -0.660. The number of nitrogens with one attached hydrogen (secondary N) is 1. The molecule has 1 N–H and O–H groups in total. The van der Waals surface area contributed by atoms with Crippen molar-refractivity contribution in [2.24, 2.45) is 0 Å². The molecule has 0 radical (unpaired) electrons. The number of carbonyl (C=O) groups excluding carboxylic acids is 2. The number of carbonyl (C=O) groups is 2. The van der Waals surface area contributed by atoms with Gasteiger partial charge in [0.15, 0.2) is 6.10 Å². The number of rotatable bonds is 4. The number of anilines is 2. The first kappa shape index (κ1) is 20.6. The second-order valence-corrected chi connectivity index (χ2v) is 9.38. The molecule has 0 saturated carbocycles. The normalized spacial score (nSPS) is 15.5. The molecule has 8 heteroatoms. The predicted molar refractivity (Wildman–Crippen MR) is 122 cm³/mol. The molecule has 1 aliphatic heterocycles. The number of ether oxygens (including phenoxy) is 1. The van der Waals surface area contributed by atoms with Gasteiger partial charge in [0.05, 0.1) is 16.4 Å². The van der Waals surface area contributed by atoms with E-state index in [9.17, 15) is 9.59 Å². The number of benzene rings is 2. The number of hydrogen-bond acceptors (Lipinski definition) is 5. The molecule has 0 spiro atoms. The number of halogens is 1. The lowest BCUT2D eigenvalue weighted by molar-refractivity contribution is -0.127. The average molecular weight is 486 g/mol. The summed E-state index contributed by atoms with van der Waals surface area (Å²) >= 11 is 5.00. The Morgan fingerprint density at radius 3 is 2.63 bits per heavy atom. The molecule has 3 aromatic rings. The van der Waals surface area contributed by atoms with Gasteiger partial charge >= 0.3 is 0 Å². The van der Waals surface area contributed by atoms with E-state index in [1.165, 1.54) is 4.90 Å². The summed E-state index contributed by atoms with van der Waals surface area (Å²) in [6.45, 7) is 5.57. The van der Waals surface area contributed by atoms with Crippen molar-refractivity contribution in [3.63, 3.8) is 0 Å². The Labute approximate surface area is 187 Å². The molecule has 6 nitrogen and oxygen atoms in total. The third-order valence-electron chi connectivity index (χ3n) is 4.77. The standard InChI is InChI=1S/C22H20BrN3O3S/c1-12-22(28)26(11-20(27)25-17-7-5-16(23)6-8-17)18-10-15(4-9-19(18)29-12)21-13(2)30-14(3)24-21/h4-10,12H,11H2,1-3H3,(H,25,27). The Balaban J connectivity index is 1.64. The van der Waals surface area contributed by atoms with Crippen molar-refractivity contribution in [2.45, 2.75) is 26.9 Å². The van der Waals surface area contributed by atoms with Crippen LogP contribution in [0.4, 0.5) is 11.4 Å². The van der Waals surface area contributed by atoms with E-state index in [4.69, 9.17) is 4.74 Å². The van der Waals surface area contributed by atoms with Crippen LogP contribution < -0.4 is 15.0 Å². The van der Waals surface area contributed by atoms with E-state index in [0.717, 1.165) is 25.6 Å². The average Bonchev–Trinajstić information content (AvgIpc) is 3.05. The molecule has 30 heavy (non-hydrogen) atoms. The summed E-state index contributed by atoms with van der Waals surface area (Å²) in [4.78, 5) is 32.7. The van der Waals surface area contributed by atoms with Crippen LogP contribution in [-0.2, 0) is 9.59 Å². The smallest absolute Gasteiger partial charge is 0.268 e. The largest absolute Gasteiger partial charge is 0.479 e. The summed E-state index contributed by atoms with van der Waals surface area (Å²) in [6, 6.07) is 12.9. The third kappa shape index (κ3) is 4.11. The van der Waals surface area contributed by atoms with E-state index in [1.807, 2.05) is 44.2 Å². The minimum Gasteiger partial charge on any atom is -0.479 e. The molecule has 1 atom stereocenters. The van der Waals surface area contributed by atoms with Gasteiger partial charge in [0.25, 0.3) is 5.91 Å². The zero-order chi connectivity index (χ0) is 21.4. The molecule has 2 heterocycles. The fourth-order valence-corrected chi connectivity index (χ4v) is 4.50. The highest BCUT2D eigenvalue weighted by Crippen LogP contribution is 2.38. The maximum atomic E-state index is 12.8. The second kappa shape index (κ2) is 8.20. The van der Waals surface area contributed by atoms with Gasteiger partial charge in [0.2, 0.25) is 5.91 Å². The zero-order valence-corrected chi connectivity index (χ0v) is 19.1. The maximum absolute atomic E-state index is 12.8. The first-order chi connectivity index (χ1) is 14.3. The topological polar surface area (TPSA) is 71.5 Å². The van der Waals surface area contributed by atoms with Gasteiger partial charge < -0.3 is 10.1 Å². The van der Waals surface area contributed by atoms with Crippen LogP contribution in [0.2, 0.25) is 0 Å². The molecule has 4 rings (SSSR count). The van der Waals surface area contributed by atoms with Gasteiger partial charge in [-0.3, -0.25) is 14.5 Å². The van der Waals surface area contributed by atoms with E-state index in [2.05, 4.69) is 26.2 Å². The van der Waals surface area contributed by atoms with Crippen LogP contribution in [0.5, 0.6) is 5.75 Å². The summed E-state index contributed by atoms with van der Waals surface area (Å²) in [5.41, 5.74) is 3.01. The number of fused-ring (bicyclic) bond motifs is 1. The molecule has 0 saturated heterocycles. The highest BCUT2D eigenvalue weighted by Gasteiger charge is 2.33. The molecule has 2 amide bonds. The summed E-state index contributed by atoms with van der Waals surface area (Å²) < 4.78 is 6.69. The Kier molecular flexibility index (Phi) is 5.62. The van der Waals surface area contributed by atoms with Crippen LogP contribution in [0.15, 0.2) is 46.9 Å². The molecule has 0 aliphatic carbocycles. The summed E-state index contributed by atoms with van der Waals surface area (Å²) in [7, 11) is 0. The van der Waals surface area contributed by atoms with Gasteiger partial charge in [0, 0.05) is 20.6 Å². The first-order valence-electron chi connectivity index (χ1n) is 9.43. The first-order valence-corrected chi connectivity index (χ1v) is 11.0. The molecular formula is C22H20BrN3O3S. The Bertz CT molecular complexity index is 1130. The fraction of sp³-hybridized carbons (Fsp3) is 0.227. The van der Waals surface area contributed by atoms with Crippen molar-refractivity contribution in [1.82, 2.24) is 4.98 Å². The monoisotopic (exact) mass is 485 g/mol. The zero-order valence-electron chi connectivity index (χ0n) is 16.7. The second-order valence-electron chi connectivity index (χ2n) is 7.06. The van der Waals surface area contributed by atoms with Crippen LogP contribution in [0, 0.1) is 13.8 Å². The van der Waals surface area contributed by atoms with Crippen LogP contribution in [0.1, 0.15) is 16.8 Å². The van der Waals surface area contributed by atoms with Gasteiger partial charge in [-0.25, -0.2) is 4.98 Å². The molecule has 2 aromatic carbocycles. The van der Waals surface area contributed by atoms with Crippen molar-refractivity contribution in [3.8, 4) is 17.0 Å². The molecule has 154 valence electrons. The number of aryl methyl sites for hydroxylation is 2. The van der Waals surface area contributed by atoms with Crippen molar-refractivity contribution in [3.05, 3.63) is 56.8 Å². The third-order valence-corrected chi connectivity index (χ3v) is 6.19. The van der Waals surface area contributed by atoms with Crippen LogP contribution in [0.3, 0.4) is 0 Å². The lowest BCUT2D eigenvalue weighted by Crippen LogP contribution is -2.47. The minimum atomic E-state index is -0.660. The van der Waals surface area contributed by atoms with E-state index >= 15 is 0 Å². The lowest BCUT2D eigenvalue weighted by atomic mass is 10.1. The number of nitrogens with zero attached hydrogens (tertiary/aromatic N) is 2. The van der Waals surface area contributed by atoms with Crippen LogP contribution >= 0.6 is 27.3 Å². The van der Waals surface area contributed by atoms with E-state index in [0.29, 0.717) is 17.1 Å². The molecule has 1 aromatic heterocycles. The highest BCUT2D eigenvalue weighted by molar-refractivity contribution is 9.10. The van der Waals surface area contributed by atoms with Crippen molar-refractivity contribution >= 4 is 50.5 Å². The van der Waals surface area contributed by atoms with Gasteiger partial charge in [-0.05, 0) is 63.2 Å². The van der Waals surface area contributed by atoms with Gasteiger partial charge in [0.1, 0.15) is 12.3 Å². The van der Waals surface area contributed by atoms with Crippen molar-refractivity contribution < 1.29 is 14.3 Å². The minimum absolute atomic E-state index is 0.103. The number of aromatic nitrogens is 1. The predicted octanol–water partition coefficient (Wildman–Crippen LogP) is 4.94. The number of thiazole rings is 1. The maximum Gasteiger partial charge on any atom is 0.268 e. The van der Waals surface area contributed by atoms with Gasteiger partial charge in [-0.1, -0.05) is 15.9 Å². The Morgan fingerprint density at radius 1 is 1.23 bits per heavy atom. The van der Waals surface area contributed by atoms with E-state index in [-0.39, 0.29) is 18.4 Å². The number of hydrogen-bond donors (Lipinski definition) is 1. The Morgan fingerprint density at radius 2 is 1.97 bits per heavy atom. The molecule has 0 bridgehead atoms. The quantitative estimate of drug-likeness (QED) is 0.567. The van der Waals surface area contributed by atoms with Gasteiger partial charge in [-0.15, -0.1) is 11.3 Å². The number of amides is 2. The van der Waals surface area contributed by atoms with Crippen molar-refractivity contribution in [2.75, 3.05) is 16.8 Å². The van der Waals surface area contributed by atoms with E-state index < -0.39 is 6.10 Å². The molecule has 1 unspecified atom stereocenters. The molecular weight excluding hydrogens is 466 g/mol. The molecule has 1 aliphatic rings. The van der Waals surface area contributed by atoms with Crippen molar-refractivity contribution in [1.29, 1.82) is 0 Å². The fourth-order valence-electron chi connectivity index (χ4n) is 3.39. The van der Waals surface area contributed by atoms with Crippen LogP contribution in [-0.4, -0.2) is 29.4 Å². The summed E-state index contributed by atoms with van der Waals surface area (Å²) in [5, 5.41) is 3.81. The van der Waals surface area contributed by atoms with Crippen LogP contribution in [0.25, 0.3) is 11.3 Å². The SMILES string of the molecule is Cc1nc(-c2ccc3c(c2)N(CC(=O)Nc2ccc(Br)cc2)C(=O)C(C)O3)c(C)s1. The Hall–Kier alpha value is -2.71. The van der Waals surface area contributed by atoms with E-state index in [1.54, 1.807) is 30.4 Å². The summed E-state index contributed by atoms with van der Waals surface area (Å²) in [5.74, 6) is 0.0421. The highest BCUT2D eigenvalue weighted by atomic mass is 79.9. The molecule has 0 fully saturated rings.